The molecule has 1 aliphatic heterocycles. The zero-order valence-electron chi connectivity index (χ0n) is 17.6. The normalized spacial score (nSPS) is 15.8. The first-order chi connectivity index (χ1) is 14.7. The Labute approximate surface area is 181 Å². The van der Waals surface area contributed by atoms with Crippen LogP contribution in [0.2, 0.25) is 0 Å². The molecule has 1 unspecified atom stereocenters. The molecule has 9 nitrogen and oxygen atoms in total. The van der Waals surface area contributed by atoms with Crippen molar-refractivity contribution in [2.24, 2.45) is 0 Å². The molecule has 0 saturated carbocycles. The van der Waals surface area contributed by atoms with Crippen LogP contribution < -0.4 is 19.1 Å². The van der Waals surface area contributed by atoms with E-state index in [-0.39, 0.29) is 28.8 Å². The predicted molar refractivity (Wildman–Crippen MR) is 113 cm³/mol. The minimum atomic E-state index is -3.92. The third-order valence-electron chi connectivity index (χ3n) is 4.57. The Morgan fingerprint density at radius 1 is 1.16 bits per heavy atom. The summed E-state index contributed by atoms with van der Waals surface area (Å²) in [5, 5.41) is 0. The van der Waals surface area contributed by atoms with Gasteiger partial charge in [-0.3, -0.25) is 4.79 Å². The number of amides is 1. The van der Waals surface area contributed by atoms with Crippen molar-refractivity contribution in [2.75, 3.05) is 25.7 Å². The van der Waals surface area contributed by atoms with Gasteiger partial charge in [-0.05, 0) is 44.2 Å². The van der Waals surface area contributed by atoms with Gasteiger partial charge in [0.2, 0.25) is 16.1 Å². The fraction of sp³-hybridized carbons (Fsp3) is 0.333. The quantitative estimate of drug-likeness (QED) is 0.673. The number of nitrogens with zero attached hydrogens (tertiary/aromatic N) is 1. The van der Waals surface area contributed by atoms with Gasteiger partial charge in [-0.15, -0.1) is 0 Å². The van der Waals surface area contributed by atoms with Crippen LogP contribution >= 0.6 is 0 Å². The summed E-state index contributed by atoms with van der Waals surface area (Å²) in [7, 11) is -1.33. The Kier molecular flexibility index (Phi) is 6.51. The summed E-state index contributed by atoms with van der Waals surface area (Å²) in [6, 6.07) is 10.6. The Morgan fingerprint density at radius 3 is 2.52 bits per heavy atom. The number of esters is 1. The van der Waals surface area contributed by atoms with Crippen LogP contribution in [0.5, 0.6) is 11.5 Å². The molecular formula is C21H24N2O7S. The molecular weight excluding hydrogens is 424 g/mol. The topological polar surface area (TPSA) is 111 Å². The first-order valence-electron chi connectivity index (χ1n) is 9.53. The lowest BCUT2D eigenvalue weighted by Crippen LogP contribution is -2.47. The number of benzene rings is 2. The van der Waals surface area contributed by atoms with E-state index in [2.05, 4.69) is 4.72 Å². The number of anilines is 1. The summed E-state index contributed by atoms with van der Waals surface area (Å²) in [4.78, 5) is 26.7. The molecule has 0 spiro atoms. The molecule has 10 heteroatoms. The average Bonchev–Trinajstić information content (AvgIpc) is 2.75. The Morgan fingerprint density at radius 2 is 1.87 bits per heavy atom. The van der Waals surface area contributed by atoms with Crippen molar-refractivity contribution < 1.29 is 32.2 Å². The minimum absolute atomic E-state index is 0.0825. The lowest BCUT2D eigenvalue weighted by atomic mass is 10.1. The summed E-state index contributed by atoms with van der Waals surface area (Å²) in [6.45, 7) is 3.30. The standard InChI is InChI=1S/C21H24N2O7S/c1-13(2)22-31(26,27)19-11-14(9-10-17(19)28-3)20(24)23-12-18(21(25)29-4)30-16-8-6-5-7-15(16)23/h5-11,13,18,22H,12H2,1-4H3. The molecule has 0 saturated heterocycles. The van der Waals surface area contributed by atoms with E-state index in [1.54, 1.807) is 38.1 Å². The zero-order valence-corrected chi connectivity index (χ0v) is 18.4. The van der Waals surface area contributed by atoms with Gasteiger partial charge >= 0.3 is 5.97 Å². The van der Waals surface area contributed by atoms with Crippen LogP contribution in [0.3, 0.4) is 0 Å². The first-order valence-corrected chi connectivity index (χ1v) is 11.0. The van der Waals surface area contributed by atoms with Crippen LogP contribution in [-0.4, -0.2) is 53.2 Å². The summed E-state index contributed by atoms with van der Waals surface area (Å²) >= 11 is 0. The van der Waals surface area contributed by atoms with Gasteiger partial charge in [-0.1, -0.05) is 12.1 Å². The Hall–Kier alpha value is -3.11. The highest BCUT2D eigenvalue weighted by atomic mass is 32.2. The van der Waals surface area contributed by atoms with E-state index in [4.69, 9.17) is 14.2 Å². The van der Waals surface area contributed by atoms with E-state index in [0.717, 1.165) is 0 Å². The molecule has 1 aliphatic rings. The number of para-hydroxylation sites is 2. The van der Waals surface area contributed by atoms with Gasteiger partial charge in [0, 0.05) is 11.6 Å². The summed E-state index contributed by atoms with van der Waals surface area (Å²) < 4.78 is 43.6. The second kappa shape index (κ2) is 8.94. The van der Waals surface area contributed by atoms with Crippen molar-refractivity contribution in [1.29, 1.82) is 0 Å². The molecule has 1 atom stereocenters. The molecule has 2 aromatic carbocycles. The van der Waals surface area contributed by atoms with Gasteiger partial charge in [-0.25, -0.2) is 17.9 Å². The van der Waals surface area contributed by atoms with Gasteiger partial charge in [0.1, 0.15) is 16.4 Å². The summed E-state index contributed by atoms with van der Waals surface area (Å²) in [6.07, 6.45) is -1.01. The van der Waals surface area contributed by atoms with E-state index in [0.29, 0.717) is 11.4 Å². The van der Waals surface area contributed by atoms with Crippen LogP contribution in [0, 0.1) is 0 Å². The molecule has 1 amide bonds. The number of hydrogen-bond donors (Lipinski definition) is 1. The number of carbonyl (C=O) groups is 2. The molecule has 1 N–H and O–H groups in total. The fourth-order valence-electron chi connectivity index (χ4n) is 3.23. The SMILES string of the molecule is COC(=O)C1CN(C(=O)c2ccc(OC)c(S(=O)(=O)NC(C)C)c2)c2ccccc2O1. The number of ether oxygens (including phenoxy) is 3. The molecule has 0 bridgehead atoms. The number of fused-ring (bicyclic) bond motifs is 1. The third kappa shape index (κ3) is 4.64. The monoisotopic (exact) mass is 448 g/mol. The molecule has 1 heterocycles. The summed E-state index contributed by atoms with van der Waals surface area (Å²) in [5.74, 6) is -0.653. The van der Waals surface area contributed by atoms with Crippen molar-refractivity contribution in [2.45, 2.75) is 30.9 Å². The van der Waals surface area contributed by atoms with Crippen molar-refractivity contribution in [1.82, 2.24) is 4.72 Å². The van der Waals surface area contributed by atoms with E-state index in [9.17, 15) is 18.0 Å². The first kappa shape index (κ1) is 22.6. The molecule has 0 aliphatic carbocycles. The van der Waals surface area contributed by atoms with Gasteiger partial charge in [0.05, 0.1) is 26.5 Å². The Balaban J connectivity index is 2.04. The maximum atomic E-state index is 13.4. The van der Waals surface area contributed by atoms with Gasteiger partial charge in [-0.2, -0.15) is 0 Å². The van der Waals surface area contributed by atoms with Gasteiger partial charge in [0.15, 0.2) is 0 Å². The van der Waals surface area contributed by atoms with Crippen LogP contribution in [0.15, 0.2) is 47.4 Å². The van der Waals surface area contributed by atoms with Gasteiger partial charge in [0.25, 0.3) is 5.91 Å². The van der Waals surface area contributed by atoms with Crippen LogP contribution in [0.4, 0.5) is 5.69 Å². The van der Waals surface area contributed by atoms with E-state index < -0.39 is 28.0 Å². The number of methoxy groups -OCH3 is 2. The highest BCUT2D eigenvalue weighted by Crippen LogP contribution is 2.35. The highest BCUT2D eigenvalue weighted by molar-refractivity contribution is 7.89. The fourth-order valence-corrected chi connectivity index (χ4v) is 4.68. The molecule has 0 radical (unpaired) electrons. The molecule has 0 fully saturated rings. The predicted octanol–water partition coefficient (Wildman–Crippen LogP) is 1.96. The van der Waals surface area contributed by atoms with E-state index in [1.807, 2.05) is 0 Å². The minimum Gasteiger partial charge on any atom is -0.495 e. The number of sulfonamides is 1. The van der Waals surface area contributed by atoms with Crippen molar-refractivity contribution in [3.05, 3.63) is 48.0 Å². The average molecular weight is 448 g/mol. The van der Waals surface area contributed by atoms with Gasteiger partial charge < -0.3 is 19.1 Å². The number of rotatable bonds is 6. The molecule has 166 valence electrons. The maximum absolute atomic E-state index is 13.4. The summed E-state index contributed by atoms with van der Waals surface area (Å²) in [5.41, 5.74) is 0.582. The van der Waals surface area contributed by atoms with Crippen LogP contribution in [-0.2, 0) is 19.6 Å². The van der Waals surface area contributed by atoms with Crippen LogP contribution in [0.25, 0.3) is 0 Å². The molecule has 2 aromatic rings. The van der Waals surface area contributed by atoms with Crippen molar-refractivity contribution >= 4 is 27.6 Å². The Bertz CT molecular complexity index is 1100. The molecule has 31 heavy (non-hydrogen) atoms. The number of carbonyl (C=O) groups excluding carboxylic acids is 2. The van der Waals surface area contributed by atoms with E-state index in [1.165, 1.54) is 37.3 Å². The highest BCUT2D eigenvalue weighted by Gasteiger charge is 2.35. The largest absolute Gasteiger partial charge is 0.495 e. The number of hydrogen-bond acceptors (Lipinski definition) is 7. The smallest absolute Gasteiger partial charge is 0.348 e. The molecule has 3 rings (SSSR count). The third-order valence-corrected chi connectivity index (χ3v) is 6.25. The van der Waals surface area contributed by atoms with Crippen LogP contribution in [0.1, 0.15) is 24.2 Å². The maximum Gasteiger partial charge on any atom is 0.348 e. The van der Waals surface area contributed by atoms with Crippen molar-refractivity contribution in [3.8, 4) is 11.5 Å². The lowest BCUT2D eigenvalue weighted by Gasteiger charge is -2.33. The molecule has 0 aromatic heterocycles. The second-order valence-corrected chi connectivity index (χ2v) is 8.84. The second-order valence-electron chi connectivity index (χ2n) is 7.15. The van der Waals surface area contributed by atoms with Crippen molar-refractivity contribution in [3.63, 3.8) is 0 Å². The zero-order chi connectivity index (χ0) is 22.8. The lowest BCUT2D eigenvalue weighted by molar-refractivity contribution is -0.148. The number of nitrogens with one attached hydrogen (secondary N) is 1. The van der Waals surface area contributed by atoms with E-state index >= 15 is 0 Å².